The lowest BCUT2D eigenvalue weighted by molar-refractivity contribution is 0.559. The largest absolute Gasteiger partial charge is 0.329 e. The summed E-state index contributed by atoms with van der Waals surface area (Å²) in [6.45, 7) is 1.91. The minimum atomic E-state index is -1.37. The molecule has 2 nitrogen and oxygen atoms in total. The second-order valence-electron chi connectivity index (χ2n) is 3.39. The number of benzene rings is 1. The van der Waals surface area contributed by atoms with Crippen LogP contribution in [-0.2, 0) is 16.6 Å². The van der Waals surface area contributed by atoms with Crippen LogP contribution in [0.25, 0.3) is 0 Å². The number of rotatable bonds is 4. The summed E-state index contributed by atoms with van der Waals surface area (Å²) < 4.78 is 38.7. The van der Waals surface area contributed by atoms with Crippen molar-refractivity contribution in [2.45, 2.75) is 17.9 Å². The zero-order valence-corrected chi connectivity index (χ0v) is 11.1. The molecule has 0 bridgehead atoms. The first-order valence-corrected chi connectivity index (χ1v) is 6.84. The molecule has 0 saturated heterocycles. The van der Waals surface area contributed by atoms with Gasteiger partial charge in [-0.15, -0.1) is 0 Å². The maximum absolute atomic E-state index is 13.5. The SMILES string of the molecule is CC(CN)S(=O)Cc1c(F)ccc(Br)c1F. The number of hydrogen-bond donors (Lipinski definition) is 1. The third-order valence-electron chi connectivity index (χ3n) is 2.21. The molecule has 0 saturated carbocycles. The van der Waals surface area contributed by atoms with E-state index in [1.54, 1.807) is 6.92 Å². The first-order valence-electron chi connectivity index (χ1n) is 4.67. The molecule has 0 radical (unpaired) electrons. The molecule has 2 unspecified atom stereocenters. The third kappa shape index (κ3) is 3.09. The quantitative estimate of drug-likeness (QED) is 0.867. The summed E-state index contributed by atoms with van der Waals surface area (Å²) in [7, 11) is -1.37. The molecule has 1 aromatic rings. The lowest BCUT2D eigenvalue weighted by atomic mass is 10.2. The molecule has 1 aromatic carbocycles. The van der Waals surface area contributed by atoms with Crippen LogP contribution >= 0.6 is 15.9 Å². The van der Waals surface area contributed by atoms with E-state index in [1.807, 2.05) is 0 Å². The summed E-state index contributed by atoms with van der Waals surface area (Å²) in [6, 6.07) is 2.43. The smallest absolute Gasteiger partial charge is 0.144 e. The molecule has 90 valence electrons. The van der Waals surface area contributed by atoms with Crippen LogP contribution in [0, 0.1) is 11.6 Å². The number of nitrogens with two attached hydrogens (primary N) is 1. The molecule has 1 rings (SSSR count). The molecule has 0 spiro atoms. The second-order valence-corrected chi connectivity index (χ2v) is 6.10. The van der Waals surface area contributed by atoms with Crippen LogP contribution in [0.4, 0.5) is 8.78 Å². The Morgan fingerprint density at radius 2 is 2.12 bits per heavy atom. The normalized spacial score (nSPS) is 14.8. The summed E-state index contributed by atoms with van der Waals surface area (Å²) in [6.07, 6.45) is 0. The van der Waals surface area contributed by atoms with E-state index in [9.17, 15) is 13.0 Å². The van der Waals surface area contributed by atoms with Crippen molar-refractivity contribution in [3.05, 3.63) is 33.8 Å². The van der Waals surface area contributed by atoms with Crippen LogP contribution in [0.5, 0.6) is 0 Å². The minimum absolute atomic E-state index is 0.157. The van der Waals surface area contributed by atoms with Crippen LogP contribution in [0.1, 0.15) is 12.5 Å². The Hall–Kier alpha value is -0.330. The zero-order valence-electron chi connectivity index (χ0n) is 8.67. The molecule has 0 aromatic heterocycles. The highest BCUT2D eigenvalue weighted by atomic mass is 79.9. The highest BCUT2D eigenvalue weighted by molar-refractivity contribution is 9.10. The van der Waals surface area contributed by atoms with E-state index in [4.69, 9.17) is 5.73 Å². The molecule has 0 aliphatic heterocycles. The first kappa shape index (κ1) is 13.7. The molecule has 2 N–H and O–H groups in total. The van der Waals surface area contributed by atoms with Gasteiger partial charge in [-0.2, -0.15) is 0 Å². The molecular formula is C10H12BrF2NOS. The van der Waals surface area contributed by atoms with Gasteiger partial charge in [0.1, 0.15) is 11.6 Å². The fourth-order valence-electron chi connectivity index (χ4n) is 1.09. The summed E-state index contributed by atoms with van der Waals surface area (Å²) in [4.78, 5) is 0. The highest BCUT2D eigenvalue weighted by Crippen LogP contribution is 2.23. The van der Waals surface area contributed by atoms with E-state index in [-0.39, 0.29) is 27.6 Å². The highest BCUT2D eigenvalue weighted by Gasteiger charge is 2.17. The molecule has 0 amide bonds. The lowest BCUT2D eigenvalue weighted by Gasteiger charge is -2.10. The lowest BCUT2D eigenvalue weighted by Crippen LogP contribution is -2.23. The molecule has 16 heavy (non-hydrogen) atoms. The third-order valence-corrected chi connectivity index (χ3v) is 4.48. The summed E-state index contributed by atoms with van der Waals surface area (Å²) in [5, 5.41) is -0.280. The fourth-order valence-corrected chi connectivity index (χ4v) is 2.51. The molecule has 0 aliphatic carbocycles. The van der Waals surface area contributed by atoms with Crippen LogP contribution < -0.4 is 5.73 Å². The van der Waals surface area contributed by atoms with Crippen molar-refractivity contribution in [1.82, 2.24) is 0 Å². The van der Waals surface area contributed by atoms with Gasteiger partial charge in [-0.25, -0.2) is 8.78 Å². The first-order chi connectivity index (χ1) is 7.47. The van der Waals surface area contributed by atoms with Crippen molar-refractivity contribution < 1.29 is 13.0 Å². The van der Waals surface area contributed by atoms with Gasteiger partial charge in [0.2, 0.25) is 0 Å². The van der Waals surface area contributed by atoms with Crippen molar-refractivity contribution in [1.29, 1.82) is 0 Å². The molecule has 0 heterocycles. The van der Waals surface area contributed by atoms with Gasteiger partial charge in [0.25, 0.3) is 0 Å². The van der Waals surface area contributed by atoms with E-state index in [0.29, 0.717) is 0 Å². The summed E-state index contributed by atoms with van der Waals surface area (Å²) >= 11 is 2.96. The Labute approximate surface area is 104 Å². The Kier molecular flexibility index (Phi) is 5.01. The van der Waals surface area contributed by atoms with Crippen molar-refractivity contribution in [3.8, 4) is 0 Å². The maximum Gasteiger partial charge on any atom is 0.144 e. The van der Waals surface area contributed by atoms with E-state index in [2.05, 4.69) is 15.9 Å². The van der Waals surface area contributed by atoms with E-state index < -0.39 is 22.4 Å². The van der Waals surface area contributed by atoms with E-state index in [0.717, 1.165) is 6.07 Å². The molecular weight excluding hydrogens is 300 g/mol. The van der Waals surface area contributed by atoms with Crippen molar-refractivity contribution in [2.24, 2.45) is 5.73 Å². The standard InChI is InChI=1S/C10H12BrF2NOS/c1-6(4-14)16(15)5-7-9(12)3-2-8(11)10(7)13/h2-3,6H,4-5,14H2,1H3. The van der Waals surface area contributed by atoms with Gasteiger partial charge in [0.15, 0.2) is 0 Å². The fraction of sp³-hybridized carbons (Fsp3) is 0.400. The van der Waals surface area contributed by atoms with E-state index >= 15 is 0 Å². The predicted molar refractivity (Wildman–Crippen MR) is 64.4 cm³/mol. The monoisotopic (exact) mass is 311 g/mol. The average molecular weight is 312 g/mol. The van der Waals surface area contributed by atoms with Gasteiger partial charge in [-0.05, 0) is 35.0 Å². The van der Waals surface area contributed by atoms with Crippen LogP contribution in [0.2, 0.25) is 0 Å². The van der Waals surface area contributed by atoms with Crippen LogP contribution in [0.3, 0.4) is 0 Å². The maximum atomic E-state index is 13.5. The number of hydrogen-bond acceptors (Lipinski definition) is 2. The molecule has 0 fully saturated rings. The van der Waals surface area contributed by atoms with Crippen molar-refractivity contribution >= 4 is 26.7 Å². The van der Waals surface area contributed by atoms with Gasteiger partial charge < -0.3 is 5.73 Å². The van der Waals surface area contributed by atoms with Crippen LogP contribution in [-0.4, -0.2) is 16.0 Å². The van der Waals surface area contributed by atoms with Gasteiger partial charge >= 0.3 is 0 Å². The molecule has 6 heteroatoms. The van der Waals surface area contributed by atoms with Crippen molar-refractivity contribution in [3.63, 3.8) is 0 Å². The van der Waals surface area contributed by atoms with Crippen molar-refractivity contribution in [2.75, 3.05) is 6.54 Å². The Balaban J connectivity index is 2.97. The van der Waals surface area contributed by atoms with Gasteiger partial charge in [0.05, 0.1) is 10.2 Å². The van der Waals surface area contributed by atoms with Gasteiger partial charge in [-0.1, -0.05) is 0 Å². The Morgan fingerprint density at radius 3 is 2.69 bits per heavy atom. The van der Waals surface area contributed by atoms with Gasteiger partial charge in [-0.3, -0.25) is 4.21 Å². The van der Waals surface area contributed by atoms with E-state index in [1.165, 1.54) is 6.07 Å². The molecule has 0 aliphatic rings. The predicted octanol–water partition coefficient (Wildman–Crippen LogP) is 2.32. The number of halogens is 3. The Morgan fingerprint density at radius 1 is 1.50 bits per heavy atom. The molecule has 2 atom stereocenters. The minimum Gasteiger partial charge on any atom is -0.329 e. The second kappa shape index (κ2) is 5.84. The summed E-state index contributed by atoms with van der Waals surface area (Å²) in [5.41, 5.74) is 5.18. The average Bonchev–Trinajstić information content (AvgIpc) is 2.28. The van der Waals surface area contributed by atoms with Crippen LogP contribution in [0.15, 0.2) is 16.6 Å². The summed E-state index contributed by atoms with van der Waals surface area (Å²) in [5.74, 6) is -1.54. The Bertz CT molecular complexity index is 414. The van der Waals surface area contributed by atoms with Gasteiger partial charge in [0, 0.05) is 28.2 Å². The topological polar surface area (TPSA) is 43.1 Å². The zero-order chi connectivity index (χ0) is 12.3.